The van der Waals surface area contributed by atoms with Gasteiger partial charge >= 0.3 is 0 Å². The van der Waals surface area contributed by atoms with Crippen LogP contribution in [-0.4, -0.2) is 33.5 Å². The third-order valence-corrected chi connectivity index (χ3v) is 5.48. The second-order valence-electron chi connectivity index (χ2n) is 6.01. The molecule has 1 saturated heterocycles. The van der Waals surface area contributed by atoms with Gasteiger partial charge in [0.15, 0.2) is 5.79 Å². The molecule has 0 saturated carbocycles. The molecule has 0 aliphatic carbocycles. The lowest BCUT2D eigenvalue weighted by atomic mass is 10.0. The van der Waals surface area contributed by atoms with Crippen molar-refractivity contribution in [2.45, 2.75) is 49.4 Å². The Balaban J connectivity index is 1.51. The fourth-order valence-corrected chi connectivity index (χ4v) is 3.78. The van der Waals surface area contributed by atoms with Crippen LogP contribution in [0.1, 0.15) is 31.2 Å². The Morgan fingerprint density at radius 2 is 2.00 bits per heavy atom. The van der Waals surface area contributed by atoms with Gasteiger partial charge in [0.1, 0.15) is 0 Å². The third kappa shape index (κ3) is 4.01. The molecule has 0 N–H and O–H groups in total. The van der Waals surface area contributed by atoms with Crippen molar-refractivity contribution in [3.8, 4) is 0 Å². The van der Waals surface area contributed by atoms with E-state index < -0.39 is 15.9 Å². The van der Waals surface area contributed by atoms with Crippen molar-refractivity contribution in [1.82, 2.24) is 0 Å². The maximum absolute atomic E-state index is 12.1. The number of hydrogen-bond acceptors (Lipinski definition) is 5. The molecule has 0 radical (unpaired) electrons. The van der Waals surface area contributed by atoms with E-state index in [1.807, 2.05) is 19.1 Å². The zero-order valence-electron chi connectivity index (χ0n) is 13.2. The predicted octanol–water partition coefficient (Wildman–Crippen LogP) is 2.94. The van der Waals surface area contributed by atoms with E-state index in [1.165, 1.54) is 0 Å². The molecule has 2 atom stereocenters. The molecule has 2 aliphatic heterocycles. The van der Waals surface area contributed by atoms with Crippen molar-refractivity contribution in [2.75, 3.05) is 13.2 Å². The normalized spacial score (nSPS) is 27.1. The average Bonchev–Trinajstić information content (AvgIpc) is 2.79. The second-order valence-corrected chi connectivity index (χ2v) is 7.63. The molecule has 23 heavy (non-hydrogen) atoms. The maximum Gasteiger partial charge on any atom is 0.297 e. The van der Waals surface area contributed by atoms with Gasteiger partial charge in [-0.1, -0.05) is 30.2 Å². The molecule has 5 nitrogen and oxygen atoms in total. The summed E-state index contributed by atoms with van der Waals surface area (Å²) in [5, 5.41) is 0. The standard InChI is InChI=1S/C17H22O5S/c1-14-5-7-16(8-6-14)23(18,19)21-13-12-20-17-10-3-2-4-15(22-17)9-11-17/h5-9,11,15H,2-4,10,12-13H2,1H3. The number of rotatable bonds is 6. The molecular formula is C17H22O5S. The van der Waals surface area contributed by atoms with Gasteiger partial charge in [-0.05, 0) is 38.0 Å². The Hall–Kier alpha value is -1.21. The van der Waals surface area contributed by atoms with Crippen molar-refractivity contribution in [2.24, 2.45) is 0 Å². The molecule has 2 bridgehead atoms. The van der Waals surface area contributed by atoms with E-state index in [0.29, 0.717) is 0 Å². The van der Waals surface area contributed by atoms with Gasteiger partial charge in [0.25, 0.3) is 10.1 Å². The molecule has 126 valence electrons. The first-order valence-corrected chi connectivity index (χ1v) is 9.37. The van der Waals surface area contributed by atoms with Crippen LogP contribution in [0, 0.1) is 6.92 Å². The summed E-state index contributed by atoms with van der Waals surface area (Å²) < 4.78 is 40.9. The lowest BCUT2D eigenvalue weighted by Crippen LogP contribution is -2.33. The molecule has 0 amide bonds. The van der Waals surface area contributed by atoms with Gasteiger partial charge < -0.3 is 9.47 Å². The minimum absolute atomic E-state index is 0.0279. The first kappa shape index (κ1) is 16.6. The second kappa shape index (κ2) is 6.73. The highest BCUT2D eigenvalue weighted by molar-refractivity contribution is 7.86. The number of hydrogen-bond donors (Lipinski definition) is 0. The fourth-order valence-electron chi connectivity index (χ4n) is 2.89. The van der Waals surface area contributed by atoms with Gasteiger partial charge in [-0.2, -0.15) is 8.42 Å². The van der Waals surface area contributed by atoms with Gasteiger partial charge in [0, 0.05) is 6.42 Å². The number of ether oxygens (including phenoxy) is 2. The molecule has 1 fully saturated rings. The highest BCUT2D eigenvalue weighted by atomic mass is 32.2. The zero-order chi connectivity index (χ0) is 16.3. The van der Waals surface area contributed by atoms with E-state index in [0.717, 1.165) is 31.2 Å². The molecule has 1 aromatic rings. The molecule has 2 unspecified atom stereocenters. The molecule has 0 spiro atoms. The van der Waals surface area contributed by atoms with Crippen molar-refractivity contribution < 1.29 is 22.1 Å². The minimum atomic E-state index is -3.74. The van der Waals surface area contributed by atoms with Crippen LogP contribution in [0.3, 0.4) is 0 Å². The van der Waals surface area contributed by atoms with Gasteiger partial charge in [-0.3, -0.25) is 4.18 Å². The van der Waals surface area contributed by atoms with Crippen LogP contribution in [0.4, 0.5) is 0 Å². The summed E-state index contributed by atoms with van der Waals surface area (Å²) >= 11 is 0. The molecular weight excluding hydrogens is 316 g/mol. The van der Waals surface area contributed by atoms with Crippen molar-refractivity contribution in [1.29, 1.82) is 0 Å². The molecule has 1 aromatic carbocycles. The number of fused-ring (bicyclic) bond motifs is 2. The average molecular weight is 338 g/mol. The monoisotopic (exact) mass is 338 g/mol. The van der Waals surface area contributed by atoms with Crippen LogP contribution < -0.4 is 0 Å². The first-order valence-electron chi connectivity index (χ1n) is 7.96. The van der Waals surface area contributed by atoms with Crippen molar-refractivity contribution >= 4 is 10.1 Å². The van der Waals surface area contributed by atoms with Crippen molar-refractivity contribution in [3.05, 3.63) is 42.0 Å². The fraction of sp³-hybridized carbons (Fsp3) is 0.529. The Bertz CT molecular complexity index is 665. The van der Waals surface area contributed by atoms with Gasteiger partial charge in [-0.15, -0.1) is 0 Å². The van der Waals surface area contributed by atoms with Crippen LogP contribution in [0.15, 0.2) is 41.3 Å². The first-order chi connectivity index (χ1) is 11.0. The van der Waals surface area contributed by atoms with Gasteiger partial charge in [-0.25, -0.2) is 0 Å². The SMILES string of the molecule is Cc1ccc(S(=O)(=O)OCCOC23C=CC(CCCC2)O3)cc1. The molecule has 2 aliphatic rings. The minimum Gasteiger partial charge on any atom is -0.344 e. The molecule has 2 heterocycles. The maximum atomic E-state index is 12.1. The Morgan fingerprint density at radius 3 is 2.78 bits per heavy atom. The van der Waals surface area contributed by atoms with E-state index in [1.54, 1.807) is 24.3 Å². The van der Waals surface area contributed by atoms with E-state index in [9.17, 15) is 8.42 Å². The zero-order valence-corrected chi connectivity index (χ0v) is 14.1. The largest absolute Gasteiger partial charge is 0.344 e. The third-order valence-electron chi connectivity index (χ3n) is 4.16. The Kier molecular flexibility index (Phi) is 4.87. The Morgan fingerprint density at radius 1 is 1.22 bits per heavy atom. The number of benzene rings is 1. The predicted molar refractivity (Wildman–Crippen MR) is 85.5 cm³/mol. The highest BCUT2D eigenvalue weighted by Gasteiger charge is 2.38. The Labute approximate surface area is 137 Å². The molecule has 0 aromatic heterocycles. The van der Waals surface area contributed by atoms with Gasteiger partial charge in [0.2, 0.25) is 0 Å². The van der Waals surface area contributed by atoms with Crippen molar-refractivity contribution in [3.63, 3.8) is 0 Å². The molecule has 3 rings (SSSR count). The lowest BCUT2D eigenvalue weighted by molar-refractivity contribution is -0.208. The smallest absolute Gasteiger partial charge is 0.297 e. The van der Waals surface area contributed by atoms with Crippen LogP contribution in [-0.2, 0) is 23.8 Å². The highest BCUT2D eigenvalue weighted by Crippen LogP contribution is 2.35. The number of aryl methyl sites for hydroxylation is 1. The quantitative estimate of drug-likeness (QED) is 0.453. The van der Waals surface area contributed by atoms with Crippen LogP contribution in [0.2, 0.25) is 0 Å². The molecule has 6 heteroatoms. The summed E-state index contributed by atoms with van der Waals surface area (Å²) in [5.41, 5.74) is 1.000. The van der Waals surface area contributed by atoms with E-state index in [-0.39, 0.29) is 24.2 Å². The van der Waals surface area contributed by atoms with E-state index in [4.69, 9.17) is 13.7 Å². The van der Waals surface area contributed by atoms with Crippen LogP contribution in [0.5, 0.6) is 0 Å². The van der Waals surface area contributed by atoms with E-state index in [2.05, 4.69) is 0 Å². The van der Waals surface area contributed by atoms with Crippen LogP contribution >= 0.6 is 0 Å². The topological polar surface area (TPSA) is 61.8 Å². The summed E-state index contributed by atoms with van der Waals surface area (Å²) in [5.74, 6) is -0.696. The summed E-state index contributed by atoms with van der Waals surface area (Å²) in [6, 6.07) is 6.58. The van der Waals surface area contributed by atoms with E-state index >= 15 is 0 Å². The summed E-state index contributed by atoms with van der Waals surface area (Å²) in [4.78, 5) is 0.160. The lowest BCUT2D eigenvalue weighted by Gasteiger charge is -2.27. The van der Waals surface area contributed by atoms with Crippen LogP contribution in [0.25, 0.3) is 0 Å². The summed E-state index contributed by atoms with van der Waals surface area (Å²) in [6.45, 7) is 2.04. The summed E-state index contributed by atoms with van der Waals surface area (Å²) in [6.07, 6.45) is 8.08. The van der Waals surface area contributed by atoms with Gasteiger partial charge in [0.05, 0.1) is 24.2 Å². The summed E-state index contributed by atoms with van der Waals surface area (Å²) in [7, 11) is -3.74.